The summed E-state index contributed by atoms with van der Waals surface area (Å²) in [6, 6.07) is 11.4. The molecule has 1 heterocycles. The Kier molecular flexibility index (Phi) is 7.34. The molecule has 0 aromatic heterocycles. The molecular formula is C25H32ClN3O3. The molecule has 0 saturated carbocycles. The molecular weight excluding hydrogens is 426 g/mol. The van der Waals surface area contributed by atoms with Crippen LogP contribution >= 0.6 is 11.6 Å². The van der Waals surface area contributed by atoms with Crippen LogP contribution in [-0.4, -0.2) is 49.5 Å². The monoisotopic (exact) mass is 457 g/mol. The minimum absolute atomic E-state index is 0.0774. The highest BCUT2D eigenvalue weighted by Gasteiger charge is 2.29. The van der Waals surface area contributed by atoms with Crippen molar-refractivity contribution < 1.29 is 14.3 Å². The number of amides is 2. The summed E-state index contributed by atoms with van der Waals surface area (Å²) in [4.78, 5) is 28.9. The number of rotatable bonds is 5. The number of benzene rings is 2. The largest absolute Gasteiger partial charge is 0.484 e. The van der Waals surface area contributed by atoms with Gasteiger partial charge in [0.05, 0.1) is 0 Å². The molecule has 7 heteroatoms. The van der Waals surface area contributed by atoms with Gasteiger partial charge in [-0.1, -0.05) is 32.4 Å². The van der Waals surface area contributed by atoms with E-state index in [0.717, 1.165) is 43.0 Å². The second-order valence-electron chi connectivity index (χ2n) is 9.28. The van der Waals surface area contributed by atoms with E-state index >= 15 is 0 Å². The van der Waals surface area contributed by atoms with Crippen LogP contribution in [0.3, 0.4) is 0 Å². The van der Waals surface area contributed by atoms with Gasteiger partial charge in [-0.3, -0.25) is 9.59 Å². The number of nitrogens with zero attached hydrogens (tertiary/aromatic N) is 2. The lowest BCUT2D eigenvalue weighted by Crippen LogP contribution is -2.51. The van der Waals surface area contributed by atoms with Gasteiger partial charge in [-0.2, -0.15) is 0 Å². The van der Waals surface area contributed by atoms with Crippen LogP contribution in [0.2, 0.25) is 5.02 Å². The molecule has 0 radical (unpaired) electrons. The highest BCUT2D eigenvalue weighted by Crippen LogP contribution is 2.26. The van der Waals surface area contributed by atoms with Gasteiger partial charge in [0.25, 0.3) is 5.91 Å². The zero-order chi connectivity index (χ0) is 23.5. The van der Waals surface area contributed by atoms with Crippen molar-refractivity contribution in [3.63, 3.8) is 0 Å². The van der Waals surface area contributed by atoms with Crippen LogP contribution in [0.25, 0.3) is 0 Å². The number of carbonyl (C=O) groups is 2. The van der Waals surface area contributed by atoms with E-state index in [9.17, 15) is 9.59 Å². The average Bonchev–Trinajstić information content (AvgIpc) is 2.75. The first kappa shape index (κ1) is 23.9. The van der Waals surface area contributed by atoms with Gasteiger partial charge in [0.15, 0.2) is 6.61 Å². The van der Waals surface area contributed by atoms with E-state index in [0.29, 0.717) is 16.5 Å². The van der Waals surface area contributed by atoms with Gasteiger partial charge < -0.3 is 19.9 Å². The van der Waals surface area contributed by atoms with Gasteiger partial charge in [0.2, 0.25) is 5.91 Å². The van der Waals surface area contributed by atoms with Crippen LogP contribution in [0.15, 0.2) is 36.4 Å². The van der Waals surface area contributed by atoms with Gasteiger partial charge in [-0.15, -0.1) is 0 Å². The molecule has 1 N–H and O–H groups in total. The summed E-state index contributed by atoms with van der Waals surface area (Å²) in [6.45, 7) is 12.6. The maximum absolute atomic E-state index is 12.5. The van der Waals surface area contributed by atoms with Gasteiger partial charge in [-0.05, 0) is 61.4 Å². The number of carbonyl (C=O) groups excluding carboxylic acids is 2. The number of nitrogens with one attached hydrogen (secondary N) is 1. The fourth-order valence-corrected chi connectivity index (χ4v) is 3.84. The molecule has 2 aromatic carbocycles. The van der Waals surface area contributed by atoms with Crippen LogP contribution in [0.4, 0.5) is 11.4 Å². The molecule has 2 aromatic rings. The van der Waals surface area contributed by atoms with Crippen LogP contribution in [-0.2, 0) is 9.59 Å². The Labute approximate surface area is 195 Å². The third kappa shape index (κ3) is 5.94. The van der Waals surface area contributed by atoms with Crippen LogP contribution in [0, 0.1) is 19.3 Å². The molecule has 1 aliphatic rings. The second kappa shape index (κ2) is 9.82. The first-order valence-corrected chi connectivity index (χ1v) is 11.3. The molecule has 0 bridgehead atoms. The average molecular weight is 458 g/mol. The Balaban J connectivity index is 1.50. The molecule has 0 aliphatic carbocycles. The van der Waals surface area contributed by atoms with Crippen molar-refractivity contribution in [2.24, 2.45) is 5.41 Å². The molecule has 1 aliphatic heterocycles. The van der Waals surface area contributed by atoms with E-state index in [-0.39, 0.29) is 23.8 Å². The van der Waals surface area contributed by atoms with Crippen molar-refractivity contribution >= 4 is 34.8 Å². The van der Waals surface area contributed by atoms with Crippen LogP contribution < -0.4 is 15.0 Å². The van der Waals surface area contributed by atoms with Crippen molar-refractivity contribution in [3.05, 3.63) is 52.5 Å². The maximum Gasteiger partial charge on any atom is 0.262 e. The summed E-state index contributed by atoms with van der Waals surface area (Å²) in [5, 5.41) is 3.57. The zero-order valence-electron chi connectivity index (χ0n) is 19.5. The molecule has 0 unspecified atom stereocenters. The van der Waals surface area contributed by atoms with Crippen molar-refractivity contribution in [1.82, 2.24) is 4.90 Å². The minimum Gasteiger partial charge on any atom is -0.484 e. The van der Waals surface area contributed by atoms with E-state index in [1.807, 2.05) is 75.9 Å². The number of hydrogen-bond donors (Lipinski definition) is 1. The normalized spacial score (nSPS) is 14.3. The van der Waals surface area contributed by atoms with E-state index < -0.39 is 0 Å². The van der Waals surface area contributed by atoms with E-state index in [2.05, 4.69) is 10.2 Å². The number of piperazine rings is 1. The predicted molar refractivity (Wildman–Crippen MR) is 130 cm³/mol. The smallest absolute Gasteiger partial charge is 0.262 e. The summed E-state index contributed by atoms with van der Waals surface area (Å²) in [7, 11) is 0. The highest BCUT2D eigenvalue weighted by atomic mass is 35.5. The standard InChI is InChI=1S/C25H32ClN3O3/c1-17-14-21(15-18(2)23(17)26)32-16-22(30)27-19-6-8-20(9-7-19)28-10-12-29(13-11-28)24(31)25(3,4)5/h6-9,14-15H,10-13,16H2,1-5H3,(H,27,30). The molecule has 172 valence electrons. The topological polar surface area (TPSA) is 61.9 Å². The summed E-state index contributed by atoms with van der Waals surface area (Å²) in [6.07, 6.45) is 0. The molecule has 3 rings (SSSR count). The second-order valence-corrected chi connectivity index (χ2v) is 9.66. The van der Waals surface area contributed by atoms with Crippen molar-refractivity contribution in [2.75, 3.05) is 43.0 Å². The van der Waals surface area contributed by atoms with Crippen LogP contribution in [0.5, 0.6) is 5.75 Å². The van der Waals surface area contributed by atoms with Crippen molar-refractivity contribution in [1.29, 1.82) is 0 Å². The van der Waals surface area contributed by atoms with Crippen LogP contribution in [0.1, 0.15) is 31.9 Å². The molecule has 2 amide bonds. The number of hydrogen-bond acceptors (Lipinski definition) is 4. The SMILES string of the molecule is Cc1cc(OCC(=O)Nc2ccc(N3CCN(C(=O)C(C)(C)C)CC3)cc2)cc(C)c1Cl. The van der Waals surface area contributed by atoms with Gasteiger partial charge in [-0.25, -0.2) is 0 Å². The molecule has 0 spiro atoms. The number of anilines is 2. The number of halogens is 1. The van der Waals surface area contributed by atoms with Gasteiger partial charge in [0.1, 0.15) is 5.75 Å². The summed E-state index contributed by atoms with van der Waals surface area (Å²) in [5.74, 6) is 0.595. The lowest BCUT2D eigenvalue weighted by Gasteiger charge is -2.38. The third-order valence-corrected chi connectivity index (χ3v) is 6.10. The molecule has 6 nitrogen and oxygen atoms in total. The lowest BCUT2D eigenvalue weighted by molar-refractivity contribution is -0.139. The Morgan fingerprint density at radius 3 is 2.09 bits per heavy atom. The quantitative estimate of drug-likeness (QED) is 0.708. The van der Waals surface area contributed by atoms with Gasteiger partial charge in [0, 0.05) is 48.0 Å². The Hall–Kier alpha value is -2.73. The lowest BCUT2D eigenvalue weighted by atomic mass is 9.94. The van der Waals surface area contributed by atoms with E-state index in [1.165, 1.54) is 0 Å². The third-order valence-electron chi connectivity index (χ3n) is 5.50. The number of ether oxygens (including phenoxy) is 1. The van der Waals surface area contributed by atoms with Crippen molar-refractivity contribution in [2.45, 2.75) is 34.6 Å². The zero-order valence-corrected chi connectivity index (χ0v) is 20.3. The fourth-order valence-electron chi connectivity index (χ4n) is 3.73. The molecule has 1 saturated heterocycles. The van der Waals surface area contributed by atoms with E-state index in [4.69, 9.17) is 16.3 Å². The maximum atomic E-state index is 12.5. The van der Waals surface area contributed by atoms with E-state index in [1.54, 1.807) is 0 Å². The first-order valence-electron chi connectivity index (χ1n) is 10.9. The van der Waals surface area contributed by atoms with Gasteiger partial charge >= 0.3 is 0 Å². The predicted octanol–water partition coefficient (Wildman–Crippen LogP) is 4.67. The summed E-state index contributed by atoms with van der Waals surface area (Å²) < 4.78 is 5.62. The molecule has 0 atom stereocenters. The molecule has 32 heavy (non-hydrogen) atoms. The summed E-state index contributed by atoms with van der Waals surface area (Å²) in [5.41, 5.74) is 3.28. The Morgan fingerprint density at radius 1 is 1.00 bits per heavy atom. The fraction of sp³-hybridized carbons (Fsp3) is 0.440. The minimum atomic E-state index is -0.350. The highest BCUT2D eigenvalue weighted by molar-refractivity contribution is 6.32. The number of aryl methyl sites for hydroxylation is 2. The Morgan fingerprint density at radius 2 is 1.56 bits per heavy atom. The van der Waals surface area contributed by atoms with Crippen molar-refractivity contribution in [3.8, 4) is 5.75 Å². The Bertz CT molecular complexity index is 952. The first-order chi connectivity index (χ1) is 15.0. The molecule has 1 fully saturated rings. The summed E-state index contributed by atoms with van der Waals surface area (Å²) >= 11 is 6.17.